The Bertz CT molecular complexity index is 370. The Kier molecular flexibility index (Phi) is 5.20. The predicted molar refractivity (Wildman–Crippen MR) is 66.8 cm³/mol. The fourth-order valence-electron chi connectivity index (χ4n) is 1.50. The van der Waals surface area contributed by atoms with Gasteiger partial charge in [0.1, 0.15) is 0 Å². The van der Waals surface area contributed by atoms with Crippen LogP contribution < -0.4 is 5.73 Å². The molecule has 0 bridgehead atoms. The third kappa shape index (κ3) is 4.26. The topological polar surface area (TPSA) is 63.4 Å². The second-order valence-electron chi connectivity index (χ2n) is 3.89. The van der Waals surface area contributed by atoms with E-state index in [2.05, 4.69) is 6.58 Å². The van der Waals surface area contributed by atoms with Crippen molar-refractivity contribution in [3.05, 3.63) is 36.6 Å². The number of rotatable bonds is 6. The van der Waals surface area contributed by atoms with Crippen molar-refractivity contribution < 1.29 is 9.59 Å². The number of amides is 2. The summed E-state index contributed by atoms with van der Waals surface area (Å²) < 4.78 is 0. The Balaban J connectivity index is 2.16. The summed E-state index contributed by atoms with van der Waals surface area (Å²) in [5.41, 5.74) is 6.25. The van der Waals surface area contributed by atoms with E-state index in [4.69, 9.17) is 5.73 Å². The monoisotopic (exact) mass is 234 g/mol. The van der Waals surface area contributed by atoms with Gasteiger partial charge in [-0.1, -0.05) is 18.7 Å². The largest absolute Gasteiger partial charge is 0.399 e. The number of nitrogens with zero attached hydrogens (tertiary/aromatic N) is 1. The molecule has 92 valence electrons. The van der Waals surface area contributed by atoms with Crippen LogP contribution in [0.1, 0.15) is 25.7 Å². The summed E-state index contributed by atoms with van der Waals surface area (Å²) in [6, 6.07) is 0. The van der Waals surface area contributed by atoms with Gasteiger partial charge in [-0.3, -0.25) is 14.5 Å². The fraction of sp³-hybridized carbons (Fsp3) is 0.385. The molecular formula is C13H18N2O2. The minimum Gasteiger partial charge on any atom is -0.399 e. The van der Waals surface area contributed by atoms with Gasteiger partial charge in [-0.2, -0.15) is 0 Å². The van der Waals surface area contributed by atoms with Crippen molar-refractivity contribution in [2.75, 3.05) is 6.54 Å². The molecule has 2 amide bonds. The number of allylic oxidation sites excluding steroid dienone is 4. The summed E-state index contributed by atoms with van der Waals surface area (Å²) in [5.74, 6) is -0.118. The lowest BCUT2D eigenvalue weighted by atomic mass is 10.1. The average molecular weight is 234 g/mol. The lowest BCUT2D eigenvalue weighted by molar-refractivity contribution is -0.152. The van der Waals surface area contributed by atoms with E-state index in [1.807, 2.05) is 6.08 Å². The van der Waals surface area contributed by atoms with E-state index in [0.29, 0.717) is 25.1 Å². The van der Waals surface area contributed by atoms with E-state index in [9.17, 15) is 9.59 Å². The number of likely N-dealkylation sites (tertiary alicyclic amines) is 1. The quantitative estimate of drug-likeness (QED) is 0.430. The molecule has 0 saturated carbocycles. The first-order valence-corrected chi connectivity index (χ1v) is 5.73. The van der Waals surface area contributed by atoms with Crippen LogP contribution in [0.15, 0.2) is 36.6 Å². The molecule has 2 N–H and O–H groups in total. The molecule has 0 aromatic heterocycles. The molecule has 4 nitrogen and oxygen atoms in total. The van der Waals surface area contributed by atoms with Crippen LogP contribution in [0.5, 0.6) is 0 Å². The molecule has 1 heterocycles. The number of nitrogens with two attached hydrogens (primary N) is 1. The second-order valence-corrected chi connectivity index (χ2v) is 3.89. The molecule has 1 saturated heterocycles. The van der Waals surface area contributed by atoms with Gasteiger partial charge in [-0.25, -0.2) is 0 Å². The minimum atomic E-state index is -0.0655. The maximum atomic E-state index is 11.5. The van der Waals surface area contributed by atoms with Crippen LogP contribution in [-0.4, -0.2) is 23.3 Å². The smallest absolute Gasteiger partial charge is 0.230 e. The van der Waals surface area contributed by atoms with Gasteiger partial charge < -0.3 is 5.73 Å². The predicted octanol–water partition coefficient (Wildman–Crippen LogP) is 1.50. The molecule has 0 unspecified atom stereocenters. The zero-order chi connectivity index (χ0) is 12.7. The van der Waals surface area contributed by atoms with E-state index in [-0.39, 0.29) is 11.8 Å². The maximum Gasteiger partial charge on any atom is 0.230 e. The van der Waals surface area contributed by atoms with E-state index in [1.54, 1.807) is 18.2 Å². The molecule has 0 aromatic carbocycles. The Labute approximate surface area is 101 Å². The van der Waals surface area contributed by atoms with Crippen LogP contribution in [-0.2, 0) is 9.59 Å². The van der Waals surface area contributed by atoms with Crippen molar-refractivity contribution in [2.45, 2.75) is 25.7 Å². The molecule has 0 atom stereocenters. The van der Waals surface area contributed by atoms with E-state index >= 15 is 0 Å². The third-order valence-corrected chi connectivity index (χ3v) is 2.53. The molecule has 0 spiro atoms. The Hall–Kier alpha value is -1.84. The highest BCUT2D eigenvalue weighted by Gasteiger charge is 2.28. The first kappa shape index (κ1) is 13.2. The fourth-order valence-corrected chi connectivity index (χ4v) is 1.50. The first-order valence-electron chi connectivity index (χ1n) is 5.73. The molecule has 0 radical (unpaired) electrons. The SMILES string of the molecule is C=C/C=C(N)\C=C/CCCC(=O)N1CCC1=O. The summed E-state index contributed by atoms with van der Waals surface area (Å²) in [6.07, 6.45) is 9.48. The summed E-state index contributed by atoms with van der Waals surface area (Å²) in [7, 11) is 0. The van der Waals surface area contributed by atoms with Crippen molar-refractivity contribution >= 4 is 11.8 Å². The highest BCUT2D eigenvalue weighted by Crippen LogP contribution is 2.12. The first-order chi connectivity index (χ1) is 8.15. The zero-order valence-corrected chi connectivity index (χ0v) is 9.89. The highest BCUT2D eigenvalue weighted by atomic mass is 16.2. The summed E-state index contributed by atoms with van der Waals surface area (Å²) in [5, 5.41) is 0. The number of hydrogen-bond donors (Lipinski definition) is 1. The molecule has 1 aliphatic rings. The van der Waals surface area contributed by atoms with Gasteiger partial charge in [0.15, 0.2) is 0 Å². The lowest BCUT2D eigenvalue weighted by Gasteiger charge is -2.28. The molecule has 1 aliphatic heterocycles. The van der Waals surface area contributed by atoms with Crippen LogP contribution >= 0.6 is 0 Å². The van der Waals surface area contributed by atoms with Crippen molar-refractivity contribution in [3.8, 4) is 0 Å². The number of imide groups is 1. The van der Waals surface area contributed by atoms with Crippen molar-refractivity contribution in [1.29, 1.82) is 0 Å². The number of unbranched alkanes of at least 4 members (excludes halogenated alkanes) is 1. The number of carbonyl (C=O) groups excluding carboxylic acids is 2. The second kappa shape index (κ2) is 6.68. The number of β-lactam (4-membered cyclic amide) rings is 1. The van der Waals surface area contributed by atoms with Crippen LogP contribution in [0.2, 0.25) is 0 Å². The van der Waals surface area contributed by atoms with Crippen LogP contribution in [0, 0.1) is 0 Å². The minimum absolute atomic E-state index is 0.0521. The van der Waals surface area contributed by atoms with Crippen molar-refractivity contribution in [2.24, 2.45) is 5.73 Å². The third-order valence-electron chi connectivity index (χ3n) is 2.53. The normalized spacial score (nSPS) is 16.1. The summed E-state index contributed by atoms with van der Waals surface area (Å²) in [6.45, 7) is 4.12. The Morgan fingerprint density at radius 1 is 1.53 bits per heavy atom. The van der Waals surface area contributed by atoms with Gasteiger partial charge in [-0.15, -0.1) is 0 Å². The number of hydrogen-bond acceptors (Lipinski definition) is 3. The zero-order valence-electron chi connectivity index (χ0n) is 9.89. The highest BCUT2D eigenvalue weighted by molar-refractivity contribution is 5.99. The van der Waals surface area contributed by atoms with E-state index in [0.717, 1.165) is 12.8 Å². The average Bonchev–Trinajstić information content (AvgIpc) is 2.27. The maximum absolute atomic E-state index is 11.5. The van der Waals surface area contributed by atoms with Crippen molar-refractivity contribution in [1.82, 2.24) is 4.90 Å². The van der Waals surface area contributed by atoms with Gasteiger partial charge in [0, 0.05) is 25.1 Å². The Morgan fingerprint density at radius 2 is 2.29 bits per heavy atom. The van der Waals surface area contributed by atoms with Gasteiger partial charge in [0.05, 0.1) is 0 Å². The molecular weight excluding hydrogens is 216 g/mol. The molecule has 1 fully saturated rings. The van der Waals surface area contributed by atoms with Crippen LogP contribution in [0.25, 0.3) is 0 Å². The van der Waals surface area contributed by atoms with Gasteiger partial charge in [0.25, 0.3) is 0 Å². The van der Waals surface area contributed by atoms with Gasteiger partial charge in [0.2, 0.25) is 11.8 Å². The summed E-state index contributed by atoms with van der Waals surface area (Å²) in [4.78, 5) is 23.8. The van der Waals surface area contributed by atoms with Gasteiger partial charge in [-0.05, 0) is 25.0 Å². The molecule has 0 aliphatic carbocycles. The molecule has 17 heavy (non-hydrogen) atoms. The standard InChI is InChI=1S/C13H18N2O2/c1-2-6-11(14)7-4-3-5-8-12(16)15-10-9-13(15)17/h2,4,6-7H,1,3,5,8-10,14H2/b7-4-,11-6+. The molecule has 4 heteroatoms. The van der Waals surface area contributed by atoms with Crippen LogP contribution in [0.4, 0.5) is 0 Å². The molecule has 0 aromatic rings. The molecule has 1 rings (SSSR count). The van der Waals surface area contributed by atoms with Gasteiger partial charge >= 0.3 is 0 Å². The number of carbonyl (C=O) groups is 2. The van der Waals surface area contributed by atoms with Crippen LogP contribution in [0.3, 0.4) is 0 Å². The lowest BCUT2D eigenvalue weighted by Crippen LogP contribution is -2.47. The van der Waals surface area contributed by atoms with E-state index in [1.165, 1.54) is 4.90 Å². The van der Waals surface area contributed by atoms with E-state index < -0.39 is 0 Å². The Morgan fingerprint density at radius 3 is 2.82 bits per heavy atom. The van der Waals surface area contributed by atoms with Crippen molar-refractivity contribution in [3.63, 3.8) is 0 Å². The summed E-state index contributed by atoms with van der Waals surface area (Å²) >= 11 is 0.